The molecule has 2 N–H and O–H groups in total. The van der Waals surface area contributed by atoms with Gasteiger partial charge in [0.2, 0.25) is 0 Å². The van der Waals surface area contributed by atoms with Crippen LogP contribution in [0.15, 0.2) is 16.7 Å². The largest absolute Gasteiger partial charge is 0.467 e. The third kappa shape index (κ3) is 3.14. The number of carbonyl (C=O) groups is 1. The topological polar surface area (TPSA) is 63.5 Å². The van der Waals surface area contributed by atoms with Crippen molar-refractivity contribution in [2.24, 2.45) is 0 Å². The lowest BCUT2D eigenvalue weighted by atomic mass is 9.75. The third-order valence-corrected chi connectivity index (χ3v) is 4.60. The van der Waals surface area contributed by atoms with Gasteiger partial charge in [0.15, 0.2) is 0 Å². The second-order valence-electron chi connectivity index (χ2n) is 7.45. The SMILES string of the molecule is CC(C)(C)OC(=O)NC1CCC2(CC1)NCCc1ccoc12. The molecule has 0 saturated heterocycles. The lowest BCUT2D eigenvalue weighted by molar-refractivity contribution is 0.0472. The zero-order chi connectivity index (χ0) is 15.8. The van der Waals surface area contributed by atoms with Crippen molar-refractivity contribution in [3.63, 3.8) is 0 Å². The fraction of sp³-hybridized carbons (Fsp3) is 0.706. The van der Waals surface area contributed by atoms with E-state index in [0.29, 0.717) is 0 Å². The number of furan rings is 1. The Balaban J connectivity index is 1.59. The van der Waals surface area contributed by atoms with Crippen molar-refractivity contribution in [1.82, 2.24) is 10.6 Å². The molecule has 5 heteroatoms. The van der Waals surface area contributed by atoms with Crippen LogP contribution >= 0.6 is 0 Å². The van der Waals surface area contributed by atoms with Gasteiger partial charge in [0.05, 0.1) is 11.8 Å². The van der Waals surface area contributed by atoms with Crippen molar-refractivity contribution >= 4 is 6.09 Å². The second kappa shape index (κ2) is 5.61. The third-order valence-electron chi connectivity index (χ3n) is 4.60. The monoisotopic (exact) mass is 306 g/mol. The highest BCUT2D eigenvalue weighted by molar-refractivity contribution is 5.68. The molecular weight excluding hydrogens is 280 g/mol. The van der Waals surface area contributed by atoms with Crippen LogP contribution in [0.5, 0.6) is 0 Å². The standard InChI is InChI=1S/C17H26N2O3/c1-16(2,3)22-15(20)19-13-4-8-17(9-5-13)14-12(6-10-18-17)7-11-21-14/h7,11,13,18H,4-6,8-10H2,1-3H3,(H,19,20). The van der Waals surface area contributed by atoms with Gasteiger partial charge in [-0.15, -0.1) is 0 Å². The maximum Gasteiger partial charge on any atom is 0.407 e. The number of alkyl carbamates (subject to hydrolysis) is 1. The van der Waals surface area contributed by atoms with Crippen molar-refractivity contribution in [2.45, 2.75) is 70.1 Å². The highest BCUT2D eigenvalue weighted by Gasteiger charge is 2.42. The number of hydrogen-bond donors (Lipinski definition) is 2. The van der Waals surface area contributed by atoms with E-state index in [2.05, 4.69) is 16.7 Å². The summed E-state index contributed by atoms with van der Waals surface area (Å²) in [7, 11) is 0. The Hall–Kier alpha value is -1.49. The molecule has 122 valence electrons. The molecule has 1 fully saturated rings. The summed E-state index contributed by atoms with van der Waals surface area (Å²) in [5.74, 6) is 1.11. The van der Waals surface area contributed by atoms with E-state index in [-0.39, 0.29) is 17.7 Å². The number of ether oxygens (including phenoxy) is 1. The quantitative estimate of drug-likeness (QED) is 0.837. The molecule has 1 saturated carbocycles. The summed E-state index contributed by atoms with van der Waals surface area (Å²) in [5, 5.41) is 6.65. The van der Waals surface area contributed by atoms with Crippen LogP contribution in [0.3, 0.4) is 0 Å². The molecule has 1 amide bonds. The average Bonchev–Trinajstić information content (AvgIpc) is 2.89. The minimum atomic E-state index is -0.450. The number of hydrogen-bond acceptors (Lipinski definition) is 4. The maximum atomic E-state index is 11.9. The van der Waals surface area contributed by atoms with Gasteiger partial charge in [-0.05, 0) is 64.5 Å². The summed E-state index contributed by atoms with van der Waals surface area (Å²) in [4.78, 5) is 11.9. The van der Waals surface area contributed by atoms with E-state index in [1.165, 1.54) is 5.56 Å². The van der Waals surface area contributed by atoms with E-state index < -0.39 is 5.60 Å². The zero-order valence-corrected chi connectivity index (χ0v) is 13.7. The summed E-state index contributed by atoms with van der Waals surface area (Å²) in [6, 6.07) is 2.27. The molecule has 1 aromatic rings. The first-order valence-corrected chi connectivity index (χ1v) is 8.19. The Morgan fingerprint density at radius 2 is 2.14 bits per heavy atom. The van der Waals surface area contributed by atoms with Gasteiger partial charge >= 0.3 is 6.09 Å². The first-order valence-electron chi connectivity index (χ1n) is 8.19. The van der Waals surface area contributed by atoms with Crippen molar-refractivity contribution in [3.05, 3.63) is 23.7 Å². The molecule has 1 aromatic heterocycles. The molecule has 1 aliphatic heterocycles. The molecule has 2 heterocycles. The lowest BCUT2D eigenvalue weighted by Crippen LogP contribution is -2.52. The highest BCUT2D eigenvalue weighted by Crippen LogP contribution is 2.41. The fourth-order valence-electron chi connectivity index (χ4n) is 3.60. The summed E-state index contributed by atoms with van der Waals surface area (Å²) in [6.07, 6.45) is 6.35. The Kier molecular flexibility index (Phi) is 3.93. The van der Waals surface area contributed by atoms with Crippen LogP contribution in [0.2, 0.25) is 0 Å². The van der Waals surface area contributed by atoms with Gasteiger partial charge in [-0.2, -0.15) is 0 Å². The summed E-state index contributed by atoms with van der Waals surface area (Å²) in [5.41, 5.74) is 0.842. The van der Waals surface area contributed by atoms with E-state index in [1.54, 1.807) is 6.26 Å². The number of rotatable bonds is 1. The minimum absolute atomic E-state index is 0.0385. The molecule has 22 heavy (non-hydrogen) atoms. The van der Waals surface area contributed by atoms with E-state index in [9.17, 15) is 4.79 Å². The van der Waals surface area contributed by atoms with Gasteiger partial charge in [-0.25, -0.2) is 4.79 Å². The van der Waals surface area contributed by atoms with Gasteiger partial charge in [0, 0.05) is 12.6 Å². The molecular formula is C17H26N2O3. The van der Waals surface area contributed by atoms with E-state index in [0.717, 1.165) is 44.4 Å². The van der Waals surface area contributed by atoms with Gasteiger partial charge in [-0.1, -0.05) is 0 Å². The van der Waals surface area contributed by atoms with Gasteiger partial charge < -0.3 is 19.8 Å². The molecule has 1 aliphatic carbocycles. The molecule has 0 atom stereocenters. The zero-order valence-electron chi connectivity index (χ0n) is 13.7. The van der Waals surface area contributed by atoms with E-state index in [4.69, 9.17) is 9.15 Å². The molecule has 2 aliphatic rings. The van der Waals surface area contributed by atoms with Crippen molar-refractivity contribution in [3.8, 4) is 0 Å². The lowest BCUT2D eigenvalue weighted by Gasteiger charge is -2.42. The number of amides is 1. The Labute approximate surface area is 131 Å². The van der Waals surface area contributed by atoms with Crippen molar-refractivity contribution in [1.29, 1.82) is 0 Å². The smallest absolute Gasteiger partial charge is 0.407 e. The van der Waals surface area contributed by atoms with Crippen molar-refractivity contribution in [2.75, 3.05) is 6.54 Å². The Bertz CT molecular complexity index is 536. The first kappa shape index (κ1) is 15.4. The predicted octanol–water partition coefficient (Wildman–Crippen LogP) is 3.09. The number of nitrogens with one attached hydrogen (secondary N) is 2. The molecule has 0 unspecified atom stereocenters. The maximum absolute atomic E-state index is 11.9. The molecule has 3 rings (SSSR count). The molecule has 0 radical (unpaired) electrons. The number of carbonyl (C=O) groups excluding carboxylic acids is 1. The number of fused-ring (bicyclic) bond motifs is 2. The molecule has 1 spiro atoms. The van der Waals surface area contributed by atoms with Crippen LogP contribution in [0.25, 0.3) is 0 Å². The van der Waals surface area contributed by atoms with Gasteiger partial charge in [-0.3, -0.25) is 0 Å². The second-order valence-corrected chi connectivity index (χ2v) is 7.45. The Morgan fingerprint density at radius 3 is 2.82 bits per heavy atom. The molecule has 0 bridgehead atoms. The van der Waals surface area contributed by atoms with Gasteiger partial charge in [0.1, 0.15) is 11.4 Å². The minimum Gasteiger partial charge on any atom is -0.467 e. The van der Waals surface area contributed by atoms with Gasteiger partial charge in [0.25, 0.3) is 0 Å². The van der Waals surface area contributed by atoms with Crippen LogP contribution in [0.1, 0.15) is 57.8 Å². The summed E-state index contributed by atoms with van der Waals surface area (Å²) in [6.45, 7) is 6.64. The van der Waals surface area contributed by atoms with Crippen molar-refractivity contribution < 1.29 is 13.9 Å². The van der Waals surface area contributed by atoms with Crippen LogP contribution < -0.4 is 10.6 Å². The van der Waals surface area contributed by atoms with Crippen LogP contribution in [0, 0.1) is 0 Å². The Morgan fingerprint density at radius 1 is 1.41 bits per heavy atom. The van der Waals surface area contributed by atoms with Crippen LogP contribution in [-0.2, 0) is 16.7 Å². The van der Waals surface area contributed by atoms with E-state index in [1.807, 2.05) is 20.8 Å². The molecule has 0 aromatic carbocycles. The highest BCUT2D eigenvalue weighted by atomic mass is 16.6. The van der Waals surface area contributed by atoms with E-state index >= 15 is 0 Å². The average molecular weight is 306 g/mol. The molecule has 5 nitrogen and oxygen atoms in total. The first-order chi connectivity index (χ1) is 10.4. The fourth-order valence-corrected chi connectivity index (χ4v) is 3.60. The van der Waals surface area contributed by atoms with Crippen LogP contribution in [-0.4, -0.2) is 24.3 Å². The summed E-state index contributed by atoms with van der Waals surface area (Å²) < 4.78 is 11.1. The normalized spacial score (nSPS) is 28.2. The van der Waals surface area contributed by atoms with Crippen LogP contribution in [0.4, 0.5) is 4.79 Å². The summed E-state index contributed by atoms with van der Waals surface area (Å²) >= 11 is 0. The predicted molar refractivity (Wildman–Crippen MR) is 83.7 cm³/mol.